The molecule has 0 aliphatic rings. The second-order valence-electron chi connectivity index (χ2n) is 3.84. The summed E-state index contributed by atoms with van der Waals surface area (Å²) in [6.07, 6.45) is 3.43. The Bertz CT molecular complexity index is 683. The molecule has 1 N–H and O–H groups in total. The highest BCUT2D eigenvalue weighted by atomic mass is 16.6. The number of nitro groups is 1. The fraction of sp³-hybridized carbons (Fsp3) is 0. The van der Waals surface area contributed by atoms with Crippen molar-refractivity contribution >= 4 is 17.7 Å². The molecule has 0 aliphatic carbocycles. The predicted molar refractivity (Wildman–Crippen MR) is 70.1 cm³/mol. The molecule has 0 saturated carbocycles. The van der Waals surface area contributed by atoms with Crippen LogP contribution in [-0.2, 0) is 0 Å². The standard InChI is InChI=1S/C13H9N3O4/c17-8-11-6-9(3-4-12(11)16(19)20)13(15-18)10-2-1-5-14-7-10/h1-8,18H. The molecule has 0 amide bonds. The van der Waals surface area contributed by atoms with Crippen LogP contribution in [0.3, 0.4) is 0 Å². The average molecular weight is 271 g/mol. The molecule has 2 rings (SSSR count). The van der Waals surface area contributed by atoms with Gasteiger partial charge in [-0.15, -0.1) is 0 Å². The highest BCUT2D eigenvalue weighted by Gasteiger charge is 2.16. The number of rotatable bonds is 4. The summed E-state index contributed by atoms with van der Waals surface area (Å²) in [7, 11) is 0. The zero-order valence-electron chi connectivity index (χ0n) is 10.1. The summed E-state index contributed by atoms with van der Waals surface area (Å²) in [5.74, 6) is 0. The van der Waals surface area contributed by atoms with E-state index in [9.17, 15) is 14.9 Å². The smallest absolute Gasteiger partial charge is 0.279 e. The van der Waals surface area contributed by atoms with Gasteiger partial charge < -0.3 is 5.21 Å². The lowest BCUT2D eigenvalue weighted by atomic mass is 10.0. The molecule has 0 saturated heterocycles. The molecule has 2 aromatic rings. The van der Waals surface area contributed by atoms with Crippen LogP contribution in [0.25, 0.3) is 0 Å². The number of pyridine rings is 1. The van der Waals surface area contributed by atoms with E-state index in [0.29, 0.717) is 17.4 Å². The van der Waals surface area contributed by atoms with Gasteiger partial charge in [0, 0.05) is 29.6 Å². The van der Waals surface area contributed by atoms with Crippen LogP contribution in [0.4, 0.5) is 5.69 Å². The minimum absolute atomic E-state index is 0.0856. The van der Waals surface area contributed by atoms with Gasteiger partial charge >= 0.3 is 0 Å². The van der Waals surface area contributed by atoms with E-state index in [1.165, 1.54) is 24.4 Å². The van der Waals surface area contributed by atoms with E-state index in [1.54, 1.807) is 18.3 Å². The molecule has 1 aromatic heterocycles. The Balaban J connectivity index is 2.53. The molecule has 0 fully saturated rings. The third-order valence-corrected chi connectivity index (χ3v) is 2.66. The van der Waals surface area contributed by atoms with E-state index in [4.69, 9.17) is 5.21 Å². The number of oxime groups is 1. The summed E-state index contributed by atoms with van der Waals surface area (Å²) in [5, 5.41) is 23.0. The quantitative estimate of drug-likeness (QED) is 0.301. The van der Waals surface area contributed by atoms with Gasteiger partial charge in [0.1, 0.15) is 5.71 Å². The van der Waals surface area contributed by atoms with Crippen LogP contribution in [0.5, 0.6) is 0 Å². The van der Waals surface area contributed by atoms with Gasteiger partial charge in [0.15, 0.2) is 6.29 Å². The molecule has 0 unspecified atom stereocenters. The van der Waals surface area contributed by atoms with Crippen molar-refractivity contribution in [2.45, 2.75) is 0 Å². The first-order valence-electron chi connectivity index (χ1n) is 5.54. The van der Waals surface area contributed by atoms with Gasteiger partial charge in [-0.2, -0.15) is 0 Å². The zero-order valence-corrected chi connectivity index (χ0v) is 10.1. The minimum atomic E-state index is -0.645. The third-order valence-electron chi connectivity index (χ3n) is 2.66. The maximum absolute atomic E-state index is 10.9. The van der Waals surface area contributed by atoms with Gasteiger partial charge in [0.05, 0.1) is 10.5 Å². The Hall–Kier alpha value is -3.09. The van der Waals surface area contributed by atoms with Crippen molar-refractivity contribution in [2.24, 2.45) is 5.16 Å². The van der Waals surface area contributed by atoms with Crippen molar-refractivity contribution in [1.29, 1.82) is 0 Å². The van der Waals surface area contributed by atoms with Crippen molar-refractivity contribution in [3.8, 4) is 0 Å². The van der Waals surface area contributed by atoms with Gasteiger partial charge in [-0.05, 0) is 24.3 Å². The second kappa shape index (κ2) is 5.70. The Morgan fingerprint density at radius 3 is 2.70 bits per heavy atom. The predicted octanol–water partition coefficient (Wildman–Crippen LogP) is 2.03. The van der Waals surface area contributed by atoms with Crippen molar-refractivity contribution in [2.75, 3.05) is 0 Å². The van der Waals surface area contributed by atoms with Crippen molar-refractivity contribution in [3.63, 3.8) is 0 Å². The van der Waals surface area contributed by atoms with Gasteiger partial charge in [-0.25, -0.2) is 0 Å². The van der Waals surface area contributed by atoms with E-state index < -0.39 is 4.92 Å². The number of benzene rings is 1. The second-order valence-corrected chi connectivity index (χ2v) is 3.84. The van der Waals surface area contributed by atoms with Crippen molar-refractivity contribution in [1.82, 2.24) is 4.98 Å². The fourth-order valence-electron chi connectivity index (χ4n) is 1.75. The van der Waals surface area contributed by atoms with Crippen LogP contribution in [0.2, 0.25) is 0 Å². The van der Waals surface area contributed by atoms with E-state index in [0.717, 1.165) is 0 Å². The van der Waals surface area contributed by atoms with Crippen LogP contribution in [0.15, 0.2) is 47.9 Å². The third kappa shape index (κ3) is 2.51. The highest BCUT2D eigenvalue weighted by molar-refractivity contribution is 6.13. The summed E-state index contributed by atoms with van der Waals surface area (Å²) in [6, 6.07) is 7.23. The van der Waals surface area contributed by atoms with Crippen LogP contribution in [0, 0.1) is 10.1 Å². The van der Waals surface area contributed by atoms with Gasteiger partial charge in [0.25, 0.3) is 5.69 Å². The Kier molecular flexibility index (Phi) is 3.80. The van der Waals surface area contributed by atoms with E-state index in [1.807, 2.05) is 0 Å². The molecule has 20 heavy (non-hydrogen) atoms. The number of nitrogens with zero attached hydrogens (tertiary/aromatic N) is 3. The Morgan fingerprint density at radius 2 is 2.15 bits per heavy atom. The minimum Gasteiger partial charge on any atom is -0.410 e. The van der Waals surface area contributed by atoms with Crippen LogP contribution in [0.1, 0.15) is 21.5 Å². The number of aldehydes is 1. The molecule has 1 aromatic carbocycles. The molecule has 7 heteroatoms. The first-order valence-corrected chi connectivity index (χ1v) is 5.54. The lowest BCUT2D eigenvalue weighted by Gasteiger charge is -2.05. The molecular formula is C13H9N3O4. The summed E-state index contributed by atoms with van der Waals surface area (Å²) < 4.78 is 0. The average Bonchev–Trinajstić information content (AvgIpc) is 2.48. The molecule has 0 bridgehead atoms. The van der Waals surface area contributed by atoms with Crippen LogP contribution in [-0.4, -0.2) is 27.1 Å². The van der Waals surface area contributed by atoms with Crippen LogP contribution >= 0.6 is 0 Å². The molecule has 0 atom stereocenters. The molecule has 1 heterocycles. The summed E-state index contributed by atoms with van der Waals surface area (Å²) >= 11 is 0. The number of aromatic nitrogens is 1. The maximum atomic E-state index is 10.9. The lowest BCUT2D eigenvalue weighted by molar-refractivity contribution is -0.385. The molecule has 7 nitrogen and oxygen atoms in total. The largest absolute Gasteiger partial charge is 0.410 e. The highest BCUT2D eigenvalue weighted by Crippen LogP contribution is 2.20. The van der Waals surface area contributed by atoms with E-state index in [-0.39, 0.29) is 17.0 Å². The molecule has 0 radical (unpaired) electrons. The van der Waals surface area contributed by atoms with Crippen molar-refractivity contribution < 1.29 is 14.9 Å². The molecular weight excluding hydrogens is 262 g/mol. The Morgan fingerprint density at radius 1 is 1.35 bits per heavy atom. The summed E-state index contributed by atoms with van der Waals surface area (Å²) in [4.78, 5) is 24.9. The fourth-order valence-corrected chi connectivity index (χ4v) is 1.75. The number of carbonyl (C=O) groups excluding carboxylic acids is 1. The summed E-state index contributed by atoms with van der Waals surface area (Å²) in [5.41, 5.74) is 0.703. The number of nitro benzene ring substituents is 1. The maximum Gasteiger partial charge on any atom is 0.279 e. The number of carbonyl (C=O) groups is 1. The first-order chi connectivity index (χ1) is 9.67. The van der Waals surface area contributed by atoms with E-state index >= 15 is 0 Å². The van der Waals surface area contributed by atoms with Gasteiger partial charge in [-0.1, -0.05) is 5.16 Å². The van der Waals surface area contributed by atoms with E-state index in [2.05, 4.69) is 10.1 Å². The van der Waals surface area contributed by atoms with Crippen molar-refractivity contribution in [3.05, 3.63) is 69.5 Å². The normalized spacial score (nSPS) is 11.1. The number of hydrogen-bond acceptors (Lipinski definition) is 6. The first kappa shape index (κ1) is 13.3. The molecule has 100 valence electrons. The molecule has 0 spiro atoms. The lowest BCUT2D eigenvalue weighted by Crippen LogP contribution is -2.05. The van der Waals surface area contributed by atoms with Crippen LogP contribution < -0.4 is 0 Å². The Labute approximate surface area is 113 Å². The summed E-state index contributed by atoms with van der Waals surface area (Å²) in [6.45, 7) is 0. The topological polar surface area (TPSA) is 106 Å². The molecule has 0 aliphatic heterocycles. The SMILES string of the molecule is O=Cc1cc(C(=NO)c2cccnc2)ccc1[N+](=O)[O-]. The van der Waals surface area contributed by atoms with Gasteiger partial charge in [-0.3, -0.25) is 19.9 Å². The number of hydrogen-bond donors (Lipinski definition) is 1. The van der Waals surface area contributed by atoms with Gasteiger partial charge in [0.2, 0.25) is 0 Å². The monoisotopic (exact) mass is 271 g/mol. The zero-order chi connectivity index (χ0) is 14.5.